The van der Waals surface area contributed by atoms with E-state index in [9.17, 15) is 8.78 Å². The van der Waals surface area contributed by atoms with Gasteiger partial charge in [0, 0.05) is 12.6 Å². The van der Waals surface area contributed by atoms with Gasteiger partial charge >= 0.3 is 6.61 Å². The van der Waals surface area contributed by atoms with E-state index in [0.29, 0.717) is 16.9 Å². The summed E-state index contributed by atoms with van der Waals surface area (Å²) >= 11 is 1.40. The van der Waals surface area contributed by atoms with Crippen molar-refractivity contribution in [1.82, 2.24) is 4.98 Å². The van der Waals surface area contributed by atoms with Gasteiger partial charge in [-0.25, -0.2) is 4.98 Å². The fraction of sp³-hybridized carbons (Fsp3) is 0.364. The van der Waals surface area contributed by atoms with Gasteiger partial charge in [0.2, 0.25) is 0 Å². The molecule has 0 saturated carbocycles. The van der Waals surface area contributed by atoms with Crippen molar-refractivity contribution < 1.29 is 13.5 Å². The molecule has 0 unspecified atom stereocenters. The van der Waals surface area contributed by atoms with Crippen LogP contribution in [0.3, 0.4) is 0 Å². The summed E-state index contributed by atoms with van der Waals surface area (Å²) in [6.07, 6.45) is 3.67. The molecule has 3 nitrogen and oxygen atoms in total. The normalized spacial score (nSPS) is 13.2. The third kappa shape index (κ3) is 4.14. The lowest BCUT2D eigenvalue weighted by molar-refractivity contribution is -0.0980. The summed E-state index contributed by atoms with van der Waals surface area (Å²) in [5.41, 5.74) is 0. The van der Waals surface area contributed by atoms with Crippen molar-refractivity contribution in [3.63, 3.8) is 0 Å². The predicted octanol–water partition coefficient (Wildman–Crippen LogP) is 2.26. The number of alkyl halides is 2. The van der Waals surface area contributed by atoms with Crippen LogP contribution in [0.25, 0.3) is 12.7 Å². The summed E-state index contributed by atoms with van der Waals surface area (Å²) in [6, 6.07) is 0. The van der Waals surface area contributed by atoms with Crippen LogP contribution in [0.5, 0.6) is 0 Å². The Kier molecular flexibility index (Phi) is 5.09. The number of allylic oxidation sites excluding steroid dienone is 1. The van der Waals surface area contributed by atoms with E-state index >= 15 is 0 Å². The molecule has 0 amide bonds. The molecule has 6 heteroatoms. The molecular weight excluding hydrogens is 246 g/mol. The number of ether oxygens (including phenoxy) is 1. The molecule has 94 valence electrons. The monoisotopic (exact) mass is 260 g/mol. The van der Waals surface area contributed by atoms with Gasteiger partial charge in [0.1, 0.15) is 5.76 Å². The van der Waals surface area contributed by atoms with Gasteiger partial charge in [0.05, 0.1) is 9.88 Å². The van der Waals surface area contributed by atoms with Crippen LogP contribution < -0.4 is 15.2 Å². The fourth-order valence-corrected chi connectivity index (χ4v) is 1.89. The Hall–Kier alpha value is -1.43. The number of nitrogens with one attached hydrogen (secondary N) is 1. The van der Waals surface area contributed by atoms with E-state index in [-0.39, 0.29) is 5.76 Å². The smallest absolute Gasteiger partial charge is 0.387 e. The third-order valence-corrected chi connectivity index (χ3v) is 3.03. The summed E-state index contributed by atoms with van der Waals surface area (Å²) in [5.74, 6) is 0.183. The maximum absolute atomic E-state index is 12.0. The Balaban J connectivity index is 2.77. The minimum atomic E-state index is -2.80. The molecule has 1 aromatic heterocycles. The zero-order valence-corrected chi connectivity index (χ0v) is 10.5. The van der Waals surface area contributed by atoms with E-state index in [1.165, 1.54) is 17.5 Å². The van der Waals surface area contributed by atoms with E-state index in [0.717, 1.165) is 4.53 Å². The predicted molar refractivity (Wildman–Crippen MR) is 66.1 cm³/mol. The van der Waals surface area contributed by atoms with Crippen molar-refractivity contribution >= 4 is 29.1 Å². The number of nitrogens with zero attached hydrogens (tertiary/aromatic N) is 1. The molecular formula is C11H14F2N2OS. The number of aromatic nitrogens is 1. The first-order valence-corrected chi connectivity index (χ1v) is 5.91. The third-order valence-electron chi connectivity index (χ3n) is 1.94. The first kappa shape index (κ1) is 13.6. The summed E-state index contributed by atoms with van der Waals surface area (Å²) in [5, 5.41) is 4.10. The topological polar surface area (TPSA) is 34.2 Å². The molecule has 0 aliphatic rings. The van der Waals surface area contributed by atoms with Gasteiger partial charge in [-0.15, -0.1) is 0 Å². The van der Waals surface area contributed by atoms with Crippen molar-refractivity contribution in [3.8, 4) is 0 Å². The van der Waals surface area contributed by atoms with Crippen LogP contribution in [0.4, 0.5) is 13.9 Å². The van der Waals surface area contributed by atoms with Gasteiger partial charge in [-0.05, 0) is 6.92 Å². The highest BCUT2D eigenvalue weighted by Crippen LogP contribution is 2.11. The van der Waals surface area contributed by atoms with Crippen molar-refractivity contribution in [1.29, 1.82) is 0 Å². The highest BCUT2D eigenvalue weighted by atomic mass is 32.1. The van der Waals surface area contributed by atoms with E-state index < -0.39 is 6.61 Å². The zero-order chi connectivity index (χ0) is 12.8. The molecule has 0 aliphatic carbocycles. The molecule has 0 spiro atoms. The largest absolute Gasteiger partial charge is 0.438 e. The van der Waals surface area contributed by atoms with Gasteiger partial charge in [0.25, 0.3) is 0 Å². The molecule has 0 fully saturated rings. The number of thiazole rings is 1. The fourth-order valence-electron chi connectivity index (χ4n) is 1.13. The second-order valence-electron chi connectivity index (χ2n) is 3.11. The van der Waals surface area contributed by atoms with Crippen LogP contribution in [0.2, 0.25) is 0 Å². The number of hydrogen-bond acceptors (Lipinski definition) is 4. The molecule has 1 rings (SSSR count). The van der Waals surface area contributed by atoms with Crippen molar-refractivity contribution in [2.24, 2.45) is 0 Å². The second kappa shape index (κ2) is 6.34. The summed E-state index contributed by atoms with van der Waals surface area (Å²) in [4.78, 5) is 4.14. The lowest BCUT2D eigenvalue weighted by Gasteiger charge is -2.06. The lowest BCUT2D eigenvalue weighted by atomic mass is 10.4. The van der Waals surface area contributed by atoms with Gasteiger partial charge in [-0.1, -0.05) is 30.9 Å². The highest BCUT2D eigenvalue weighted by molar-refractivity contribution is 7.13. The second-order valence-corrected chi connectivity index (χ2v) is 4.14. The summed E-state index contributed by atoms with van der Waals surface area (Å²) in [6.45, 7) is 4.58. The Morgan fingerprint density at radius 2 is 2.35 bits per heavy atom. The Labute approximate surface area is 102 Å². The standard InChI is InChI=1S/C11H14F2N2OS/c1-4-8(16-10(12)13)6-14-11-15-7(3)9(5-2)17-11/h5-6,10H,3-4H2,1-2H3,(H,14,15)/b8-6+,9-5+. The maximum atomic E-state index is 12.0. The van der Waals surface area contributed by atoms with E-state index in [1.54, 1.807) is 6.92 Å². The average Bonchev–Trinajstić information content (AvgIpc) is 2.64. The van der Waals surface area contributed by atoms with Gasteiger partial charge in [-0.3, -0.25) is 0 Å². The van der Waals surface area contributed by atoms with E-state index in [4.69, 9.17) is 0 Å². The molecule has 0 radical (unpaired) electrons. The first-order chi connectivity index (χ1) is 8.06. The van der Waals surface area contributed by atoms with Crippen LogP contribution in [-0.2, 0) is 4.74 Å². The Morgan fingerprint density at radius 3 is 2.82 bits per heavy atom. The number of rotatable bonds is 5. The van der Waals surface area contributed by atoms with E-state index in [2.05, 4.69) is 21.6 Å². The van der Waals surface area contributed by atoms with Crippen LogP contribution >= 0.6 is 11.3 Å². The van der Waals surface area contributed by atoms with Crippen molar-refractivity contribution in [2.45, 2.75) is 26.9 Å². The van der Waals surface area contributed by atoms with E-state index in [1.807, 2.05) is 13.0 Å². The number of anilines is 1. The van der Waals surface area contributed by atoms with Crippen LogP contribution in [0.1, 0.15) is 20.3 Å². The van der Waals surface area contributed by atoms with Crippen molar-refractivity contribution in [2.75, 3.05) is 5.32 Å². The number of halogens is 2. The SMILES string of the molecule is C=c1nc(N/C=C(\CC)OC(F)F)s/c1=C/C. The van der Waals surface area contributed by atoms with Gasteiger partial charge in [0.15, 0.2) is 5.13 Å². The molecule has 0 atom stereocenters. The average molecular weight is 260 g/mol. The maximum Gasteiger partial charge on any atom is 0.387 e. The molecule has 1 aromatic rings. The minimum Gasteiger partial charge on any atom is -0.438 e. The van der Waals surface area contributed by atoms with Crippen LogP contribution in [0, 0.1) is 0 Å². The molecule has 1 N–H and O–H groups in total. The van der Waals surface area contributed by atoms with Gasteiger partial charge < -0.3 is 10.1 Å². The van der Waals surface area contributed by atoms with Crippen LogP contribution in [0.15, 0.2) is 12.0 Å². The zero-order valence-electron chi connectivity index (χ0n) is 9.67. The molecule has 0 saturated heterocycles. The lowest BCUT2D eigenvalue weighted by Crippen LogP contribution is -2.17. The van der Waals surface area contributed by atoms with Gasteiger partial charge in [-0.2, -0.15) is 8.78 Å². The molecule has 1 heterocycles. The summed E-state index contributed by atoms with van der Waals surface area (Å²) in [7, 11) is 0. The van der Waals surface area contributed by atoms with Crippen molar-refractivity contribution in [3.05, 3.63) is 21.8 Å². The Morgan fingerprint density at radius 1 is 1.65 bits per heavy atom. The minimum absolute atomic E-state index is 0.183. The quantitative estimate of drug-likeness (QED) is 0.825. The molecule has 17 heavy (non-hydrogen) atoms. The highest BCUT2D eigenvalue weighted by Gasteiger charge is 2.05. The van der Waals surface area contributed by atoms with Crippen LogP contribution in [-0.4, -0.2) is 11.6 Å². The summed E-state index contributed by atoms with van der Waals surface area (Å²) < 4.78 is 29.3. The Bertz CT molecular complexity index is 496. The molecule has 0 bridgehead atoms. The first-order valence-electron chi connectivity index (χ1n) is 5.09. The number of hydrogen-bond donors (Lipinski definition) is 1. The molecule has 0 aliphatic heterocycles. The molecule has 0 aromatic carbocycles.